The van der Waals surface area contributed by atoms with E-state index < -0.39 is 0 Å². The van der Waals surface area contributed by atoms with Crippen molar-refractivity contribution in [3.63, 3.8) is 0 Å². The minimum atomic E-state index is -0.0368. The molecule has 4 aromatic rings. The monoisotopic (exact) mass is 409 g/mol. The molecule has 1 aliphatic heterocycles. The second kappa shape index (κ2) is 6.92. The lowest BCUT2D eigenvalue weighted by atomic mass is 10.2. The number of fused-ring (bicyclic) bond motifs is 1. The number of thiazole rings is 1. The number of nitrogens with zero attached hydrogens (tertiary/aromatic N) is 9. The largest absolute Gasteiger partial charge is 0.352 e. The number of carbonyl (C=O) groups is 1. The first kappa shape index (κ1) is 17.7. The van der Waals surface area contributed by atoms with Gasteiger partial charge >= 0.3 is 0 Å². The molecule has 0 spiro atoms. The minimum absolute atomic E-state index is 0.0368. The summed E-state index contributed by atoms with van der Waals surface area (Å²) in [7, 11) is 3.73. The number of rotatable bonds is 3. The van der Waals surface area contributed by atoms with Crippen molar-refractivity contribution in [2.75, 3.05) is 31.1 Å². The van der Waals surface area contributed by atoms with Gasteiger partial charge in [-0.2, -0.15) is 10.2 Å². The topological polar surface area (TPSA) is 97.9 Å². The summed E-state index contributed by atoms with van der Waals surface area (Å²) in [5.41, 5.74) is 2.21. The maximum absolute atomic E-state index is 12.9. The third-order valence-corrected chi connectivity index (χ3v) is 5.94. The number of aryl methyl sites for hydroxylation is 2. The van der Waals surface area contributed by atoms with Crippen LogP contribution < -0.4 is 4.90 Å². The van der Waals surface area contributed by atoms with Gasteiger partial charge in [-0.25, -0.2) is 15.0 Å². The summed E-state index contributed by atoms with van der Waals surface area (Å²) in [6, 6.07) is 0. The van der Waals surface area contributed by atoms with Crippen LogP contribution in [0.2, 0.25) is 0 Å². The molecule has 0 radical (unpaired) electrons. The van der Waals surface area contributed by atoms with Gasteiger partial charge in [0.1, 0.15) is 22.8 Å². The summed E-state index contributed by atoms with van der Waals surface area (Å²) >= 11 is 1.46. The van der Waals surface area contributed by atoms with Gasteiger partial charge in [0.25, 0.3) is 5.91 Å². The fourth-order valence-corrected chi connectivity index (χ4v) is 4.29. The van der Waals surface area contributed by atoms with E-state index in [1.54, 1.807) is 28.1 Å². The Morgan fingerprint density at radius 1 is 1.07 bits per heavy atom. The van der Waals surface area contributed by atoms with Crippen molar-refractivity contribution in [1.82, 2.24) is 39.4 Å². The normalized spacial score (nSPS) is 14.7. The van der Waals surface area contributed by atoms with Crippen LogP contribution in [0.1, 0.15) is 10.5 Å². The highest BCUT2D eigenvalue weighted by Crippen LogP contribution is 2.25. The molecular formula is C18H19N9OS. The van der Waals surface area contributed by atoms with Gasteiger partial charge in [-0.05, 0) is 0 Å². The minimum Gasteiger partial charge on any atom is -0.352 e. The zero-order chi connectivity index (χ0) is 20.0. The number of hydrogen-bond donors (Lipinski definition) is 0. The van der Waals surface area contributed by atoms with Crippen LogP contribution in [-0.2, 0) is 14.1 Å². The highest BCUT2D eigenvalue weighted by molar-refractivity contribution is 7.13. The predicted octanol–water partition coefficient (Wildman–Crippen LogP) is 1.18. The van der Waals surface area contributed by atoms with Crippen LogP contribution >= 0.6 is 11.3 Å². The molecule has 5 rings (SSSR count). The smallest absolute Gasteiger partial charge is 0.273 e. The molecule has 11 heteroatoms. The highest BCUT2D eigenvalue weighted by Gasteiger charge is 2.26. The van der Waals surface area contributed by atoms with E-state index in [0.29, 0.717) is 31.9 Å². The highest BCUT2D eigenvalue weighted by atomic mass is 32.1. The number of piperazine rings is 1. The van der Waals surface area contributed by atoms with Gasteiger partial charge in [0.2, 0.25) is 0 Å². The standard InChI is InChI=1S/C18H19N9OS/c1-24-9-12(7-21-24)17-23-14(10-29-17)18(28)27-5-3-26(4-6-27)16-13-8-22-25(2)15(13)19-11-20-16/h7-11H,3-6H2,1-2H3. The molecule has 0 aromatic carbocycles. The third-order valence-electron chi connectivity index (χ3n) is 5.05. The number of aromatic nitrogens is 7. The number of amides is 1. The van der Waals surface area contributed by atoms with Crippen molar-refractivity contribution >= 4 is 34.1 Å². The fraction of sp³-hybridized carbons (Fsp3) is 0.333. The summed E-state index contributed by atoms with van der Waals surface area (Å²) in [5.74, 6) is 0.827. The van der Waals surface area contributed by atoms with Gasteiger partial charge in [0.05, 0.1) is 17.8 Å². The van der Waals surface area contributed by atoms with E-state index >= 15 is 0 Å². The molecule has 0 unspecified atom stereocenters. The molecule has 1 fully saturated rings. The number of hydrogen-bond acceptors (Lipinski definition) is 8. The molecule has 0 aliphatic carbocycles. The Kier molecular flexibility index (Phi) is 4.23. The van der Waals surface area contributed by atoms with Gasteiger partial charge < -0.3 is 9.80 Å². The van der Waals surface area contributed by atoms with Gasteiger partial charge in [-0.15, -0.1) is 11.3 Å². The lowest BCUT2D eigenvalue weighted by Crippen LogP contribution is -2.49. The van der Waals surface area contributed by atoms with E-state index in [1.807, 2.05) is 30.6 Å². The van der Waals surface area contributed by atoms with Crippen molar-refractivity contribution < 1.29 is 4.79 Å². The van der Waals surface area contributed by atoms with Crippen LogP contribution in [0.3, 0.4) is 0 Å². The van der Waals surface area contributed by atoms with Crippen LogP contribution in [0.15, 0.2) is 30.3 Å². The van der Waals surface area contributed by atoms with Crippen LogP contribution in [0.4, 0.5) is 5.82 Å². The van der Waals surface area contributed by atoms with Crippen molar-refractivity contribution in [3.8, 4) is 10.6 Å². The molecular weight excluding hydrogens is 390 g/mol. The zero-order valence-electron chi connectivity index (χ0n) is 16.1. The lowest BCUT2D eigenvalue weighted by Gasteiger charge is -2.35. The first-order valence-electron chi connectivity index (χ1n) is 9.21. The van der Waals surface area contributed by atoms with Gasteiger partial charge in [-0.1, -0.05) is 0 Å². The molecule has 1 saturated heterocycles. The van der Waals surface area contributed by atoms with E-state index in [-0.39, 0.29) is 5.91 Å². The van der Waals surface area contributed by atoms with E-state index in [2.05, 4.69) is 30.0 Å². The summed E-state index contributed by atoms with van der Waals surface area (Å²) < 4.78 is 3.46. The van der Waals surface area contributed by atoms with Gasteiger partial charge in [0, 0.05) is 57.4 Å². The molecule has 5 heterocycles. The van der Waals surface area contributed by atoms with Crippen molar-refractivity contribution in [3.05, 3.63) is 36.0 Å². The van der Waals surface area contributed by atoms with Gasteiger partial charge in [0.15, 0.2) is 5.65 Å². The van der Waals surface area contributed by atoms with Crippen molar-refractivity contribution in [2.45, 2.75) is 0 Å². The number of carbonyl (C=O) groups excluding carboxylic acids is 1. The second-order valence-corrected chi connectivity index (χ2v) is 7.78. The van der Waals surface area contributed by atoms with Crippen molar-refractivity contribution in [1.29, 1.82) is 0 Å². The Labute approximate surface area is 170 Å². The van der Waals surface area contributed by atoms with Crippen molar-refractivity contribution in [2.24, 2.45) is 14.1 Å². The molecule has 0 bridgehead atoms. The maximum atomic E-state index is 12.9. The Hall–Kier alpha value is -3.34. The molecule has 29 heavy (non-hydrogen) atoms. The second-order valence-electron chi connectivity index (χ2n) is 6.92. The summed E-state index contributed by atoms with van der Waals surface area (Å²) in [6.07, 6.45) is 7.00. The fourth-order valence-electron chi connectivity index (χ4n) is 3.52. The quantitative estimate of drug-likeness (QED) is 0.501. The lowest BCUT2D eigenvalue weighted by molar-refractivity contribution is 0.0741. The van der Waals surface area contributed by atoms with Crippen LogP contribution in [0.5, 0.6) is 0 Å². The third kappa shape index (κ3) is 3.12. The van der Waals surface area contributed by atoms with E-state index in [1.165, 1.54) is 11.3 Å². The van der Waals surface area contributed by atoms with Gasteiger partial charge in [-0.3, -0.25) is 14.2 Å². The zero-order valence-corrected chi connectivity index (χ0v) is 16.9. The van der Waals surface area contributed by atoms with E-state index in [9.17, 15) is 4.79 Å². The molecule has 0 N–H and O–H groups in total. The number of anilines is 1. The summed E-state index contributed by atoms with van der Waals surface area (Å²) in [4.78, 5) is 30.2. The molecule has 0 atom stereocenters. The maximum Gasteiger partial charge on any atom is 0.273 e. The first-order valence-corrected chi connectivity index (χ1v) is 10.1. The average Bonchev–Trinajstić information content (AvgIpc) is 3.48. The Bertz CT molecular complexity index is 1190. The molecule has 1 aliphatic rings. The first-order chi connectivity index (χ1) is 14.1. The molecule has 0 saturated carbocycles. The van der Waals surface area contributed by atoms with Crippen LogP contribution in [0, 0.1) is 0 Å². The molecule has 4 aromatic heterocycles. The average molecular weight is 409 g/mol. The molecule has 148 valence electrons. The van der Waals surface area contributed by atoms with E-state index in [4.69, 9.17) is 0 Å². The molecule has 1 amide bonds. The Balaban J connectivity index is 1.29. The predicted molar refractivity (Wildman–Crippen MR) is 109 cm³/mol. The summed E-state index contributed by atoms with van der Waals surface area (Å²) in [6.45, 7) is 2.63. The Morgan fingerprint density at radius 3 is 2.66 bits per heavy atom. The Morgan fingerprint density at radius 2 is 1.90 bits per heavy atom. The van der Waals surface area contributed by atoms with Crippen LogP contribution in [-0.4, -0.2) is 71.5 Å². The molecule has 10 nitrogen and oxygen atoms in total. The van der Waals surface area contributed by atoms with E-state index in [0.717, 1.165) is 27.4 Å². The summed E-state index contributed by atoms with van der Waals surface area (Å²) in [5, 5.41) is 12.0. The SMILES string of the molecule is Cn1cc(-c2nc(C(=O)N3CCN(c4ncnc5c4cnn5C)CC3)cs2)cn1. The van der Waals surface area contributed by atoms with Crippen LogP contribution in [0.25, 0.3) is 21.6 Å².